The third kappa shape index (κ3) is 2.89. The van der Waals surface area contributed by atoms with Crippen molar-refractivity contribution in [1.82, 2.24) is 0 Å². The molecule has 0 saturated heterocycles. The lowest BCUT2D eigenvalue weighted by atomic mass is 9.94. The maximum Gasteiger partial charge on any atom is 0.187 e. The molecule has 0 atom stereocenters. The Kier molecular flexibility index (Phi) is 4.27. The lowest BCUT2D eigenvalue weighted by molar-refractivity contribution is 0.105. The van der Waals surface area contributed by atoms with E-state index >= 15 is 0 Å². The summed E-state index contributed by atoms with van der Waals surface area (Å²) in [6, 6.07) is 22.1. The zero-order valence-electron chi connectivity index (χ0n) is 13.7. The highest BCUT2D eigenvalue weighted by Crippen LogP contribution is 2.29. The van der Waals surface area contributed by atoms with E-state index in [0.717, 1.165) is 21.5 Å². The number of hydrogen-bond acceptors (Lipinski definition) is 1. The SMILES string of the molecule is O=C(/C=C/c1c(F)cccc1Cl)c1c2ccccc2cc2ccccc12. The molecular formula is C23H14ClFO. The first-order valence-corrected chi connectivity index (χ1v) is 8.60. The van der Waals surface area contributed by atoms with Crippen LogP contribution in [0.1, 0.15) is 15.9 Å². The zero-order valence-corrected chi connectivity index (χ0v) is 14.5. The van der Waals surface area contributed by atoms with Gasteiger partial charge in [-0.2, -0.15) is 0 Å². The highest BCUT2D eigenvalue weighted by Gasteiger charge is 2.13. The fourth-order valence-electron chi connectivity index (χ4n) is 3.19. The third-order valence-electron chi connectivity index (χ3n) is 4.42. The van der Waals surface area contributed by atoms with Crippen LogP contribution in [-0.2, 0) is 0 Å². The van der Waals surface area contributed by atoms with Gasteiger partial charge in [-0.05, 0) is 51.9 Å². The summed E-state index contributed by atoms with van der Waals surface area (Å²) < 4.78 is 14.0. The summed E-state index contributed by atoms with van der Waals surface area (Å²) in [6.45, 7) is 0. The van der Waals surface area contributed by atoms with Crippen molar-refractivity contribution in [1.29, 1.82) is 0 Å². The normalized spacial score (nSPS) is 11.5. The van der Waals surface area contributed by atoms with Crippen LogP contribution in [0.5, 0.6) is 0 Å². The maximum atomic E-state index is 14.0. The van der Waals surface area contributed by atoms with Crippen molar-refractivity contribution in [2.45, 2.75) is 0 Å². The minimum Gasteiger partial charge on any atom is -0.289 e. The molecule has 0 heterocycles. The van der Waals surface area contributed by atoms with Gasteiger partial charge in [-0.3, -0.25) is 4.79 Å². The number of ketones is 1. The Morgan fingerprint density at radius 1 is 0.846 bits per heavy atom. The molecule has 4 aromatic carbocycles. The van der Waals surface area contributed by atoms with Gasteiger partial charge in [-0.25, -0.2) is 4.39 Å². The number of allylic oxidation sites excluding steroid dienone is 1. The van der Waals surface area contributed by atoms with Gasteiger partial charge in [0.05, 0.1) is 5.02 Å². The number of halogens is 2. The molecule has 0 amide bonds. The Balaban J connectivity index is 1.89. The predicted molar refractivity (Wildman–Crippen MR) is 106 cm³/mol. The first-order valence-electron chi connectivity index (χ1n) is 8.22. The number of benzene rings is 4. The minimum absolute atomic E-state index is 0.183. The minimum atomic E-state index is -0.454. The molecule has 0 bridgehead atoms. The molecule has 0 saturated carbocycles. The van der Waals surface area contributed by atoms with Crippen LogP contribution in [0.3, 0.4) is 0 Å². The standard InChI is InChI=1S/C23H14ClFO/c24-20-10-5-11-21(25)19(20)12-13-22(26)23-17-8-3-1-6-15(17)14-16-7-2-4-9-18(16)23/h1-14H/b13-12+. The Labute approximate surface area is 155 Å². The summed E-state index contributed by atoms with van der Waals surface area (Å²) in [6.07, 6.45) is 2.83. The highest BCUT2D eigenvalue weighted by atomic mass is 35.5. The van der Waals surface area contributed by atoms with E-state index in [1.165, 1.54) is 24.3 Å². The predicted octanol–water partition coefficient (Wildman–Crippen LogP) is 6.68. The second-order valence-corrected chi connectivity index (χ2v) is 6.43. The van der Waals surface area contributed by atoms with Gasteiger partial charge >= 0.3 is 0 Å². The smallest absolute Gasteiger partial charge is 0.187 e. The van der Waals surface area contributed by atoms with E-state index in [9.17, 15) is 9.18 Å². The van der Waals surface area contributed by atoms with E-state index in [1.807, 2.05) is 48.5 Å². The van der Waals surface area contributed by atoms with Crippen LogP contribution in [0.2, 0.25) is 5.02 Å². The van der Waals surface area contributed by atoms with Crippen molar-refractivity contribution in [2.24, 2.45) is 0 Å². The van der Waals surface area contributed by atoms with Crippen LogP contribution in [0.4, 0.5) is 4.39 Å². The average Bonchev–Trinajstić information content (AvgIpc) is 2.65. The maximum absolute atomic E-state index is 14.0. The van der Waals surface area contributed by atoms with E-state index in [1.54, 1.807) is 6.07 Å². The number of fused-ring (bicyclic) bond motifs is 2. The van der Waals surface area contributed by atoms with Crippen molar-refractivity contribution >= 4 is 45.0 Å². The second-order valence-electron chi connectivity index (χ2n) is 6.03. The number of hydrogen-bond donors (Lipinski definition) is 0. The molecule has 126 valence electrons. The zero-order chi connectivity index (χ0) is 18.1. The van der Waals surface area contributed by atoms with Crippen molar-refractivity contribution in [3.8, 4) is 0 Å². The molecule has 0 aliphatic rings. The molecule has 3 heteroatoms. The van der Waals surface area contributed by atoms with Crippen LogP contribution >= 0.6 is 11.6 Å². The fourth-order valence-corrected chi connectivity index (χ4v) is 3.42. The first-order chi connectivity index (χ1) is 12.6. The summed E-state index contributed by atoms with van der Waals surface area (Å²) >= 11 is 6.05. The van der Waals surface area contributed by atoms with Crippen molar-refractivity contribution in [2.75, 3.05) is 0 Å². The van der Waals surface area contributed by atoms with Gasteiger partial charge < -0.3 is 0 Å². The second kappa shape index (κ2) is 6.74. The van der Waals surface area contributed by atoms with E-state index in [4.69, 9.17) is 11.6 Å². The van der Waals surface area contributed by atoms with Gasteiger partial charge in [0, 0.05) is 11.1 Å². The summed E-state index contributed by atoms with van der Waals surface area (Å²) in [5, 5.41) is 4.01. The first kappa shape index (κ1) is 16.5. The number of carbonyl (C=O) groups excluding carboxylic acids is 1. The topological polar surface area (TPSA) is 17.1 Å². The number of rotatable bonds is 3. The fraction of sp³-hybridized carbons (Fsp3) is 0. The quantitative estimate of drug-likeness (QED) is 0.226. The van der Waals surface area contributed by atoms with E-state index in [-0.39, 0.29) is 16.4 Å². The van der Waals surface area contributed by atoms with Crippen LogP contribution in [0.15, 0.2) is 78.9 Å². The molecule has 0 fully saturated rings. The molecule has 4 aromatic rings. The molecule has 26 heavy (non-hydrogen) atoms. The monoisotopic (exact) mass is 360 g/mol. The van der Waals surface area contributed by atoms with Crippen LogP contribution in [0.25, 0.3) is 27.6 Å². The van der Waals surface area contributed by atoms with Crippen molar-refractivity contribution < 1.29 is 9.18 Å². The summed E-state index contributed by atoms with van der Waals surface area (Å²) in [5.74, 6) is -0.637. The van der Waals surface area contributed by atoms with Gasteiger partial charge in [-0.15, -0.1) is 0 Å². The molecule has 0 aliphatic heterocycles. The van der Waals surface area contributed by atoms with Crippen LogP contribution < -0.4 is 0 Å². The van der Waals surface area contributed by atoms with Crippen molar-refractivity contribution in [3.63, 3.8) is 0 Å². The largest absolute Gasteiger partial charge is 0.289 e. The summed E-state index contributed by atoms with van der Waals surface area (Å²) in [7, 11) is 0. The molecule has 0 radical (unpaired) electrons. The molecular weight excluding hydrogens is 347 g/mol. The average molecular weight is 361 g/mol. The van der Waals surface area contributed by atoms with E-state index in [2.05, 4.69) is 6.07 Å². The van der Waals surface area contributed by atoms with Gasteiger partial charge in [0.15, 0.2) is 5.78 Å². The van der Waals surface area contributed by atoms with Gasteiger partial charge in [0.2, 0.25) is 0 Å². The van der Waals surface area contributed by atoms with Crippen molar-refractivity contribution in [3.05, 3.63) is 101 Å². The summed E-state index contributed by atoms with van der Waals surface area (Å²) in [5.41, 5.74) is 0.828. The molecule has 4 rings (SSSR count). The molecule has 0 aromatic heterocycles. The Morgan fingerprint density at radius 3 is 2.08 bits per heavy atom. The van der Waals surface area contributed by atoms with E-state index < -0.39 is 5.82 Å². The van der Waals surface area contributed by atoms with Crippen LogP contribution in [0, 0.1) is 5.82 Å². The van der Waals surface area contributed by atoms with E-state index in [0.29, 0.717) is 5.56 Å². The molecule has 0 spiro atoms. The Hall–Kier alpha value is -2.97. The lowest BCUT2D eigenvalue weighted by Crippen LogP contribution is -1.98. The molecule has 0 N–H and O–H groups in total. The molecule has 0 aliphatic carbocycles. The Bertz CT molecular complexity index is 1100. The summed E-state index contributed by atoms with van der Waals surface area (Å²) in [4.78, 5) is 13.0. The Morgan fingerprint density at radius 2 is 1.46 bits per heavy atom. The lowest BCUT2D eigenvalue weighted by Gasteiger charge is -2.09. The molecule has 0 unspecified atom stereocenters. The van der Waals surface area contributed by atoms with Crippen LogP contribution in [-0.4, -0.2) is 5.78 Å². The third-order valence-corrected chi connectivity index (χ3v) is 4.75. The highest BCUT2D eigenvalue weighted by molar-refractivity contribution is 6.32. The van der Waals surface area contributed by atoms with Gasteiger partial charge in [0.25, 0.3) is 0 Å². The van der Waals surface area contributed by atoms with Gasteiger partial charge in [-0.1, -0.05) is 66.2 Å². The number of carbonyl (C=O) groups is 1. The van der Waals surface area contributed by atoms with Gasteiger partial charge in [0.1, 0.15) is 5.82 Å². The molecule has 1 nitrogen and oxygen atoms in total.